The summed E-state index contributed by atoms with van der Waals surface area (Å²) < 4.78 is 5.35. The molecule has 276 valence electrons. The van der Waals surface area contributed by atoms with E-state index in [-0.39, 0.29) is 22.9 Å². The van der Waals surface area contributed by atoms with Crippen LogP contribution in [0.4, 0.5) is 56.9 Å². The fraction of sp³-hybridized carbons (Fsp3) is 0.0909. The molecule has 12 heteroatoms. The number of azo groups is 4. The molecule has 0 aromatic heterocycles. The fourth-order valence-corrected chi connectivity index (χ4v) is 5.79. The van der Waals surface area contributed by atoms with Crippen LogP contribution >= 0.6 is 0 Å². The van der Waals surface area contributed by atoms with Gasteiger partial charge in [0, 0.05) is 22.8 Å². The third kappa shape index (κ3) is 8.61. The van der Waals surface area contributed by atoms with Gasteiger partial charge < -0.3 is 20.3 Å². The van der Waals surface area contributed by atoms with Crippen molar-refractivity contribution in [1.82, 2.24) is 0 Å². The lowest BCUT2D eigenvalue weighted by Gasteiger charge is -2.09. The van der Waals surface area contributed by atoms with Gasteiger partial charge in [0.05, 0.1) is 35.5 Å². The molecule has 0 saturated heterocycles. The number of para-hydroxylation sites is 2. The van der Waals surface area contributed by atoms with E-state index in [1.165, 1.54) is 6.07 Å². The maximum atomic E-state index is 11.0. The summed E-state index contributed by atoms with van der Waals surface area (Å²) in [5.41, 5.74) is 8.67. The van der Waals surface area contributed by atoms with Crippen molar-refractivity contribution in [1.29, 1.82) is 0 Å². The zero-order valence-corrected chi connectivity index (χ0v) is 31.1. The Bertz CT molecular complexity index is 2670. The number of rotatable bonds is 11. The molecule has 0 saturated carbocycles. The number of methoxy groups -OCH3 is 1. The van der Waals surface area contributed by atoms with Gasteiger partial charge >= 0.3 is 0 Å². The van der Waals surface area contributed by atoms with Crippen LogP contribution in [-0.2, 0) is 0 Å². The first-order valence-corrected chi connectivity index (χ1v) is 17.7. The Labute approximate surface area is 323 Å². The van der Waals surface area contributed by atoms with Crippen LogP contribution < -0.4 is 10.1 Å². The Balaban J connectivity index is 0.999. The third-order valence-corrected chi connectivity index (χ3v) is 8.85. The minimum atomic E-state index is -0.125. The Morgan fingerprint density at radius 2 is 1.02 bits per heavy atom. The molecule has 7 rings (SSSR count). The highest BCUT2D eigenvalue weighted by Crippen LogP contribution is 2.40. The Hall–Kier alpha value is -7.60. The predicted octanol–water partition coefficient (Wildman–Crippen LogP) is 14.6. The molecule has 12 nitrogen and oxygen atoms in total. The standard InChI is InChI=1S/C44H37N9O3/c1-27-22-34(16-20-36(27)48-46-33-17-21-37(28(2)23-33)49-50-38-12-8-9-13-43(38)56-4)47-52-40-26-42(54)41(24-29(40)3)53-51-39-19-14-30-25-32(15-18-35(30)44(39)55)45-31-10-6-5-7-11-31/h5-26,45,54-55H,1-4H3. The monoisotopic (exact) mass is 739 g/mol. The Morgan fingerprint density at radius 1 is 0.446 bits per heavy atom. The smallest absolute Gasteiger partial charge is 0.150 e. The largest absolute Gasteiger partial charge is 0.506 e. The summed E-state index contributed by atoms with van der Waals surface area (Å²) in [6.45, 7) is 5.70. The molecule has 3 N–H and O–H groups in total. The van der Waals surface area contributed by atoms with Gasteiger partial charge in [0.1, 0.15) is 28.6 Å². The van der Waals surface area contributed by atoms with Crippen LogP contribution in [0.1, 0.15) is 16.7 Å². The number of nitrogens with zero attached hydrogens (tertiary/aromatic N) is 8. The van der Waals surface area contributed by atoms with Crippen molar-refractivity contribution in [3.8, 4) is 17.2 Å². The van der Waals surface area contributed by atoms with Crippen LogP contribution in [0.2, 0.25) is 0 Å². The maximum Gasteiger partial charge on any atom is 0.150 e. The molecule has 0 aliphatic carbocycles. The molecular weight excluding hydrogens is 703 g/mol. The maximum absolute atomic E-state index is 11.0. The summed E-state index contributed by atoms with van der Waals surface area (Å²) in [4.78, 5) is 0. The van der Waals surface area contributed by atoms with Crippen molar-refractivity contribution in [2.24, 2.45) is 40.9 Å². The number of aryl methyl sites for hydroxylation is 3. The highest BCUT2D eigenvalue weighted by Gasteiger charge is 2.10. The number of hydrogen-bond donors (Lipinski definition) is 3. The lowest BCUT2D eigenvalue weighted by Crippen LogP contribution is -1.89. The van der Waals surface area contributed by atoms with E-state index in [1.54, 1.807) is 25.3 Å². The second-order valence-corrected chi connectivity index (χ2v) is 12.9. The van der Waals surface area contributed by atoms with Crippen LogP contribution in [0, 0.1) is 20.8 Å². The summed E-state index contributed by atoms with van der Waals surface area (Å²) in [5.74, 6) is 0.522. The van der Waals surface area contributed by atoms with Gasteiger partial charge in [-0.2, -0.15) is 25.6 Å². The minimum Gasteiger partial charge on any atom is -0.506 e. The number of nitrogens with one attached hydrogen (secondary N) is 1. The van der Waals surface area contributed by atoms with Crippen molar-refractivity contribution in [3.05, 3.63) is 150 Å². The van der Waals surface area contributed by atoms with Crippen LogP contribution in [0.15, 0.2) is 174 Å². The first-order chi connectivity index (χ1) is 27.2. The van der Waals surface area contributed by atoms with Crippen molar-refractivity contribution < 1.29 is 14.9 Å². The zero-order chi connectivity index (χ0) is 39.0. The molecule has 0 aliphatic rings. The fourth-order valence-electron chi connectivity index (χ4n) is 5.79. The zero-order valence-electron chi connectivity index (χ0n) is 31.1. The van der Waals surface area contributed by atoms with E-state index in [1.807, 2.05) is 130 Å². The van der Waals surface area contributed by atoms with E-state index < -0.39 is 0 Å². The topological polar surface area (TPSA) is 161 Å². The molecule has 7 aromatic rings. The number of aromatic hydroxyl groups is 2. The predicted molar refractivity (Wildman–Crippen MR) is 220 cm³/mol. The van der Waals surface area contributed by atoms with E-state index in [0.29, 0.717) is 39.6 Å². The second-order valence-electron chi connectivity index (χ2n) is 12.9. The van der Waals surface area contributed by atoms with Gasteiger partial charge in [0.25, 0.3) is 0 Å². The van der Waals surface area contributed by atoms with Gasteiger partial charge in [-0.25, -0.2) is 0 Å². The number of fused-ring (bicyclic) bond motifs is 1. The van der Waals surface area contributed by atoms with Crippen molar-refractivity contribution in [3.63, 3.8) is 0 Å². The molecule has 56 heavy (non-hydrogen) atoms. The van der Waals surface area contributed by atoms with Crippen LogP contribution in [0.3, 0.4) is 0 Å². The van der Waals surface area contributed by atoms with Gasteiger partial charge in [0.2, 0.25) is 0 Å². The number of benzene rings is 7. The van der Waals surface area contributed by atoms with E-state index >= 15 is 0 Å². The van der Waals surface area contributed by atoms with E-state index in [9.17, 15) is 10.2 Å². The van der Waals surface area contributed by atoms with Gasteiger partial charge in [-0.1, -0.05) is 36.4 Å². The lowest BCUT2D eigenvalue weighted by molar-refractivity contribution is 0.416. The van der Waals surface area contributed by atoms with Crippen molar-refractivity contribution in [2.75, 3.05) is 12.4 Å². The first-order valence-electron chi connectivity index (χ1n) is 17.7. The van der Waals surface area contributed by atoms with Gasteiger partial charge in [-0.3, -0.25) is 0 Å². The number of anilines is 2. The summed E-state index contributed by atoms with van der Waals surface area (Å²) in [6, 6.07) is 40.7. The quantitative estimate of drug-likeness (QED) is 0.113. The molecule has 0 bridgehead atoms. The molecule has 7 aromatic carbocycles. The molecule has 0 atom stereocenters. The van der Waals surface area contributed by atoms with Gasteiger partial charge in [-0.15, -0.1) is 15.3 Å². The van der Waals surface area contributed by atoms with E-state index in [4.69, 9.17) is 4.74 Å². The number of phenols is 2. The normalized spacial score (nSPS) is 11.8. The minimum absolute atomic E-state index is 0.00395. The Kier molecular flexibility index (Phi) is 10.9. The summed E-state index contributed by atoms with van der Waals surface area (Å²) >= 11 is 0. The molecule has 0 spiro atoms. The summed E-state index contributed by atoms with van der Waals surface area (Å²) in [7, 11) is 1.60. The third-order valence-electron chi connectivity index (χ3n) is 8.85. The second kappa shape index (κ2) is 16.6. The number of ether oxygens (including phenoxy) is 1. The molecule has 0 heterocycles. The molecule has 0 aliphatic heterocycles. The lowest BCUT2D eigenvalue weighted by atomic mass is 10.1. The molecule has 0 amide bonds. The average Bonchev–Trinajstić information content (AvgIpc) is 3.21. The van der Waals surface area contributed by atoms with Gasteiger partial charge in [-0.05, 0) is 134 Å². The van der Waals surface area contributed by atoms with Crippen molar-refractivity contribution in [2.45, 2.75) is 20.8 Å². The highest BCUT2D eigenvalue weighted by atomic mass is 16.5. The molecule has 0 unspecified atom stereocenters. The van der Waals surface area contributed by atoms with Crippen molar-refractivity contribution >= 4 is 67.6 Å². The molecule has 0 radical (unpaired) electrons. The summed E-state index contributed by atoms with van der Waals surface area (Å²) in [6.07, 6.45) is 0. The number of phenolic OH excluding ortho intramolecular Hbond substituents is 2. The van der Waals surface area contributed by atoms with Crippen LogP contribution in [-0.4, -0.2) is 17.3 Å². The van der Waals surface area contributed by atoms with Crippen LogP contribution in [0.5, 0.6) is 17.2 Å². The SMILES string of the molecule is COc1ccccc1N=Nc1ccc(N=Nc2ccc(N=Nc3cc(O)c(N=Nc4ccc5cc(Nc6ccccc6)ccc5c4O)cc3C)cc2C)cc1C. The summed E-state index contributed by atoms with van der Waals surface area (Å²) in [5, 5.41) is 61.4. The highest BCUT2D eigenvalue weighted by molar-refractivity contribution is 5.94. The van der Waals surface area contributed by atoms with E-state index in [0.717, 1.165) is 39.1 Å². The average molecular weight is 740 g/mol. The first kappa shape index (κ1) is 36.7. The van der Waals surface area contributed by atoms with E-state index in [2.05, 4.69) is 46.2 Å². The number of hydrogen-bond acceptors (Lipinski definition) is 12. The van der Waals surface area contributed by atoms with Crippen LogP contribution in [0.25, 0.3) is 10.8 Å². The molecular formula is C44H37N9O3. The Morgan fingerprint density at radius 3 is 1.71 bits per heavy atom. The molecule has 0 fully saturated rings. The van der Waals surface area contributed by atoms with Gasteiger partial charge in [0.15, 0.2) is 5.75 Å².